The molecule has 0 saturated carbocycles. The number of amides is 3. The molecule has 0 spiro atoms. The van der Waals surface area contributed by atoms with Crippen molar-refractivity contribution in [2.75, 3.05) is 18.4 Å². The lowest BCUT2D eigenvalue weighted by Crippen LogP contribution is -2.32. The molecule has 1 aromatic heterocycles. The average molecular weight is 506 g/mol. The maximum Gasteiger partial charge on any atom is 0.319 e. The van der Waals surface area contributed by atoms with Crippen LogP contribution in [0.4, 0.5) is 18.6 Å². The van der Waals surface area contributed by atoms with Gasteiger partial charge in [0.25, 0.3) is 5.91 Å². The fraction of sp³-hybridized carbons (Fsp3) is 0.450. The molecular formula is C20H26ClF2N5O4S. The molecule has 0 radical (unpaired) electrons. The number of aromatic nitrogens is 1. The molecule has 1 aromatic carbocycles. The minimum Gasteiger partial charge on any atom is -0.471 e. The number of rotatable bonds is 12. The summed E-state index contributed by atoms with van der Waals surface area (Å²) in [7, 11) is 0. The number of aliphatic hydroxyl groups is 1. The van der Waals surface area contributed by atoms with E-state index >= 15 is 0 Å². The van der Waals surface area contributed by atoms with E-state index in [1.54, 1.807) is 0 Å². The van der Waals surface area contributed by atoms with Crippen LogP contribution in [0.5, 0.6) is 5.88 Å². The Kier molecular flexibility index (Phi) is 10.2. The van der Waals surface area contributed by atoms with E-state index in [-0.39, 0.29) is 33.6 Å². The van der Waals surface area contributed by atoms with E-state index in [1.807, 2.05) is 13.8 Å². The minimum absolute atomic E-state index is 0.0273. The lowest BCUT2D eigenvalue weighted by Gasteiger charge is -2.13. The van der Waals surface area contributed by atoms with Crippen LogP contribution in [0.2, 0.25) is 5.02 Å². The first kappa shape index (κ1) is 26.7. The smallest absolute Gasteiger partial charge is 0.319 e. The van der Waals surface area contributed by atoms with Gasteiger partial charge in [0, 0.05) is 18.2 Å². The molecule has 0 bridgehead atoms. The number of ether oxygens (including phenoxy) is 1. The predicted octanol–water partition coefficient (Wildman–Crippen LogP) is 3.01. The molecule has 1 unspecified atom stereocenters. The molecule has 0 aliphatic heterocycles. The highest BCUT2D eigenvalue weighted by Crippen LogP contribution is 2.31. The number of nitrogens with zero attached hydrogens (tertiary/aromatic N) is 1. The summed E-state index contributed by atoms with van der Waals surface area (Å²) >= 11 is 6.26. The van der Waals surface area contributed by atoms with Crippen molar-refractivity contribution < 1.29 is 28.2 Å². The Morgan fingerprint density at radius 3 is 2.61 bits per heavy atom. The fourth-order valence-corrected chi connectivity index (χ4v) is 3.57. The first-order valence-electron chi connectivity index (χ1n) is 10.1. The van der Waals surface area contributed by atoms with E-state index in [9.17, 15) is 23.5 Å². The number of nitrogens with two attached hydrogens (primary N) is 1. The van der Waals surface area contributed by atoms with Gasteiger partial charge in [0.15, 0.2) is 0 Å². The summed E-state index contributed by atoms with van der Waals surface area (Å²) in [6.07, 6.45) is 0.302. The molecule has 2 rings (SSSR count). The molecule has 0 saturated heterocycles. The van der Waals surface area contributed by atoms with Gasteiger partial charge in [-0.2, -0.15) is 4.37 Å². The highest BCUT2D eigenvalue weighted by atomic mass is 35.5. The van der Waals surface area contributed by atoms with Crippen LogP contribution in [0, 0.1) is 11.6 Å². The van der Waals surface area contributed by atoms with E-state index in [2.05, 4.69) is 20.3 Å². The molecule has 182 valence electrons. The van der Waals surface area contributed by atoms with Crippen molar-refractivity contribution in [2.45, 2.75) is 45.4 Å². The maximum absolute atomic E-state index is 13.9. The second kappa shape index (κ2) is 12.6. The van der Waals surface area contributed by atoms with Crippen molar-refractivity contribution in [1.29, 1.82) is 0 Å². The summed E-state index contributed by atoms with van der Waals surface area (Å²) < 4.78 is 36.7. The van der Waals surface area contributed by atoms with Gasteiger partial charge in [0.1, 0.15) is 28.8 Å². The van der Waals surface area contributed by atoms with Crippen LogP contribution >= 0.6 is 23.1 Å². The monoisotopic (exact) mass is 505 g/mol. The minimum atomic E-state index is -0.926. The third-order valence-electron chi connectivity index (χ3n) is 4.38. The molecule has 6 N–H and O–H groups in total. The van der Waals surface area contributed by atoms with E-state index in [0.29, 0.717) is 25.4 Å². The Balaban J connectivity index is 1.91. The first-order valence-corrected chi connectivity index (χ1v) is 11.3. The lowest BCUT2D eigenvalue weighted by molar-refractivity contribution is 0.0996. The summed E-state index contributed by atoms with van der Waals surface area (Å²) in [4.78, 5) is 24.0. The molecule has 2 aromatic rings. The van der Waals surface area contributed by atoms with Gasteiger partial charge in [0.05, 0.1) is 11.1 Å². The molecule has 0 aliphatic carbocycles. The van der Waals surface area contributed by atoms with Crippen molar-refractivity contribution >= 4 is 40.1 Å². The number of primary amides is 1. The highest BCUT2D eigenvalue weighted by Gasteiger charge is 2.22. The Hall–Kier alpha value is -2.54. The third-order valence-corrected chi connectivity index (χ3v) is 5.42. The molecule has 1 heterocycles. The number of carbonyl (C=O) groups excluding carboxylic acids is 2. The second-order valence-corrected chi connectivity index (χ2v) is 8.60. The number of halogens is 3. The quantitative estimate of drug-likeness (QED) is 0.281. The van der Waals surface area contributed by atoms with Crippen molar-refractivity contribution in [3.63, 3.8) is 0 Å². The largest absolute Gasteiger partial charge is 0.471 e. The van der Waals surface area contributed by atoms with Crippen molar-refractivity contribution in [2.24, 2.45) is 5.73 Å². The van der Waals surface area contributed by atoms with Crippen LogP contribution in [0.1, 0.15) is 42.6 Å². The maximum atomic E-state index is 13.9. The number of anilines is 1. The van der Waals surface area contributed by atoms with Crippen LogP contribution in [0.15, 0.2) is 12.1 Å². The second-order valence-electron chi connectivity index (χ2n) is 7.42. The van der Waals surface area contributed by atoms with Crippen molar-refractivity contribution in [3.05, 3.63) is 39.9 Å². The van der Waals surface area contributed by atoms with Gasteiger partial charge in [-0.15, -0.1) is 0 Å². The van der Waals surface area contributed by atoms with Gasteiger partial charge in [-0.1, -0.05) is 25.4 Å². The standard InChI is InChI=1S/C20H26ClF2N5O4S/c1-10(2)25-5-3-12(29)4-6-26-20(31)27-19-16(17(24)30)18(28-33-19)32-9-11-7-15(23)13(21)8-14(11)22/h7-8,10,12,25,29H,3-6,9H2,1-2H3,(H2,24,30)(H2,26,27,31). The van der Waals surface area contributed by atoms with Crippen molar-refractivity contribution in [3.8, 4) is 5.88 Å². The number of hydrogen-bond acceptors (Lipinski definition) is 7. The summed E-state index contributed by atoms with van der Waals surface area (Å²) in [5.41, 5.74) is 5.02. The Morgan fingerprint density at radius 1 is 1.24 bits per heavy atom. The lowest BCUT2D eigenvalue weighted by atomic mass is 10.2. The zero-order valence-electron chi connectivity index (χ0n) is 18.1. The summed E-state index contributed by atoms with van der Waals surface area (Å²) in [5, 5.41) is 17.8. The topological polar surface area (TPSA) is 139 Å². The fourth-order valence-electron chi connectivity index (χ4n) is 2.68. The van der Waals surface area contributed by atoms with Gasteiger partial charge in [0.2, 0.25) is 5.88 Å². The molecule has 9 nitrogen and oxygen atoms in total. The van der Waals surface area contributed by atoms with Gasteiger partial charge in [-0.05, 0) is 43.1 Å². The van der Waals surface area contributed by atoms with E-state index in [1.165, 1.54) is 0 Å². The SMILES string of the molecule is CC(C)NCCC(O)CCNC(=O)Nc1snc(OCc2cc(F)c(Cl)cc2F)c1C(N)=O. The molecule has 0 fully saturated rings. The summed E-state index contributed by atoms with van der Waals surface area (Å²) in [6, 6.07) is 1.36. The Labute approximate surface area is 198 Å². The van der Waals surface area contributed by atoms with E-state index in [4.69, 9.17) is 22.1 Å². The van der Waals surface area contributed by atoms with Crippen LogP contribution < -0.4 is 26.4 Å². The summed E-state index contributed by atoms with van der Waals surface area (Å²) in [5.74, 6) is -2.78. The first-order chi connectivity index (χ1) is 15.6. The number of hydrogen-bond donors (Lipinski definition) is 5. The molecule has 1 atom stereocenters. The number of nitrogens with one attached hydrogen (secondary N) is 3. The van der Waals surface area contributed by atoms with Crippen LogP contribution in [0.25, 0.3) is 0 Å². The zero-order valence-corrected chi connectivity index (χ0v) is 19.7. The zero-order chi connectivity index (χ0) is 24.5. The van der Waals surface area contributed by atoms with Gasteiger partial charge in [-0.3, -0.25) is 10.1 Å². The van der Waals surface area contributed by atoms with Crippen LogP contribution in [-0.2, 0) is 6.61 Å². The highest BCUT2D eigenvalue weighted by molar-refractivity contribution is 7.11. The van der Waals surface area contributed by atoms with E-state index < -0.39 is 36.3 Å². The number of aliphatic hydroxyl groups excluding tert-OH is 1. The normalized spacial score (nSPS) is 12.0. The Bertz CT molecular complexity index is 976. The Morgan fingerprint density at radius 2 is 1.94 bits per heavy atom. The van der Waals surface area contributed by atoms with Crippen LogP contribution in [-0.4, -0.2) is 46.7 Å². The van der Waals surface area contributed by atoms with Crippen molar-refractivity contribution in [1.82, 2.24) is 15.0 Å². The van der Waals surface area contributed by atoms with Crippen LogP contribution in [0.3, 0.4) is 0 Å². The number of benzene rings is 1. The predicted molar refractivity (Wildman–Crippen MR) is 122 cm³/mol. The number of carbonyl (C=O) groups is 2. The van der Waals surface area contributed by atoms with Gasteiger partial charge < -0.3 is 26.2 Å². The van der Waals surface area contributed by atoms with E-state index in [0.717, 1.165) is 23.7 Å². The molecule has 3 amide bonds. The summed E-state index contributed by atoms with van der Waals surface area (Å²) in [6.45, 7) is 4.42. The molecule has 13 heteroatoms. The van der Waals surface area contributed by atoms with Gasteiger partial charge in [-0.25, -0.2) is 13.6 Å². The molecular weight excluding hydrogens is 480 g/mol. The average Bonchev–Trinajstić information content (AvgIpc) is 3.12. The molecule has 33 heavy (non-hydrogen) atoms. The van der Waals surface area contributed by atoms with Gasteiger partial charge >= 0.3 is 6.03 Å². The number of urea groups is 1. The molecule has 0 aliphatic rings. The third kappa shape index (κ3) is 8.39.